The van der Waals surface area contributed by atoms with Gasteiger partial charge < -0.3 is 15.5 Å². The monoisotopic (exact) mass is 286 g/mol. The van der Waals surface area contributed by atoms with E-state index < -0.39 is 0 Å². The Morgan fingerprint density at radius 2 is 1.81 bits per heavy atom. The predicted molar refractivity (Wildman–Crippen MR) is 84.2 cm³/mol. The van der Waals surface area contributed by atoms with Crippen molar-refractivity contribution >= 4 is 22.6 Å². The first kappa shape index (κ1) is 14.0. The normalized spacial score (nSPS) is 17.3. The van der Waals surface area contributed by atoms with Gasteiger partial charge in [0, 0.05) is 17.1 Å². The lowest BCUT2D eigenvalue weighted by Crippen LogP contribution is -2.35. The second kappa shape index (κ2) is 6.20. The van der Waals surface area contributed by atoms with Crippen LogP contribution >= 0.6 is 0 Å². The topological polar surface area (TPSA) is 68.3 Å². The minimum Gasteiger partial charge on any atom is -0.451 e. The largest absolute Gasteiger partial charge is 0.451 e. The van der Waals surface area contributed by atoms with E-state index in [1.165, 1.54) is 32.1 Å². The molecule has 1 amide bonds. The van der Waals surface area contributed by atoms with Crippen LogP contribution in [-0.4, -0.2) is 11.9 Å². The van der Waals surface area contributed by atoms with E-state index in [9.17, 15) is 4.79 Å². The predicted octanol–water partition coefficient (Wildman–Crippen LogP) is 3.86. The molecule has 0 unspecified atom stereocenters. The molecule has 1 saturated carbocycles. The number of amides is 1. The van der Waals surface area contributed by atoms with Crippen LogP contribution in [-0.2, 0) is 0 Å². The van der Waals surface area contributed by atoms with Gasteiger partial charge in [-0.1, -0.05) is 32.1 Å². The van der Waals surface area contributed by atoms with Crippen molar-refractivity contribution in [3.63, 3.8) is 0 Å². The minimum absolute atomic E-state index is 0.115. The first-order valence-corrected chi connectivity index (χ1v) is 7.82. The highest BCUT2D eigenvalue weighted by atomic mass is 16.3. The van der Waals surface area contributed by atoms with Crippen molar-refractivity contribution < 1.29 is 9.21 Å². The van der Waals surface area contributed by atoms with Crippen molar-refractivity contribution in [1.29, 1.82) is 0 Å². The molecule has 2 aromatic rings. The summed E-state index contributed by atoms with van der Waals surface area (Å²) in [6.45, 7) is 0. The summed E-state index contributed by atoms with van der Waals surface area (Å²) in [7, 11) is 0. The summed E-state index contributed by atoms with van der Waals surface area (Å²) < 4.78 is 5.61. The van der Waals surface area contributed by atoms with Crippen molar-refractivity contribution in [2.24, 2.45) is 0 Å². The highest BCUT2D eigenvalue weighted by Crippen LogP contribution is 2.22. The number of fused-ring (bicyclic) bond motifs is 1. The molecule has 3 rings (SSSR count). The fourth-order valence-corrected chi connectivity index (χ4v) is 3.03. The number of hydrogen-bond donors (Lipinski definition) is 2. The van der Waals surface area contributed by atoms with Crippen molar-refractivity contribution in [3.8, 4) is 0 Å². The van der Waals surface area contributed by atoms with Crippen molar-refractivity contribution in [2.75, 3.05) is 5.73 Å². The van der Waals surface area contributed by atoms with Crippen LogP contribution in [0.3, 0.4) is 0 Å². The third-order valence-corrected chi connectivity index (χ3v) is 4.20. The zero-order chi connectivity index (χ0) is 14.7. The smallest absolute Gasteiger partial charge is 0.287 e. The molecule has 0 saturated heterocycles. The number of nitrogen functional groups attached to an aromatic ring is 1. The Labute approximate surface area is 124 Å². The summed E-state index contributed by atoms with van der Waals surface area (Å²) in [5, 5.41) is 3.99. The lowest BCUT2D eigenvalue weighted by Gasteiger charge is -2.20. The molecule has 4 nitrogen and oxygen atoms in total. The molecule has 1 aromatic carbocycles. The Hall–Kier alpha value is -1.97. The molecule has 1 heterocycles. The van der Waals surface area contributed by atoms with E-state index in [2.05, 4.69) is 5.32 Å². The zero-order valence-corrected chi connectivity index (χ0v) is 12.2. The maximum Gasteiger partial charge on any atom is 0.287 e. The number of anilines is 1. The summed E-state index contributed by atoms with van der Waals surface area (Å²) in [5.74, 6) is 0.257. The van der Waals surface area contributed by atoms with Gasteiger partial charge >= 0.3 is 0 Å². The second-order valence-corrected chi connectivity index (χ2v) is 5.92. The van der Waals surface area contributed by atoms with Crippen LogP contribution in [0.4, 0.5) is 5.69 Å². The summed E-state index contributed by atoms with van der Waals surface area (Å²) >= 11 is 0. The van der Waals surface area contributed by atoms with Gasteiger partial charge in [-0.3, -0.25) is 4.79 Å². The van der Waals surface area contributed by atoms with E-state index in [0.717, 1.165) is 18.2 Å². The molecule has 3 N–H and O–H groups in total. The summed E-state index contributed by atoms with van der Waals surface area (Å²) in [5.41, 5.74) is 7.13. The van der Waals surface area contributed by atoms with Gasteiger partial charge in [0.25, 0.3) is 5.91 Å². The van der Waals surface area contributed by atoms with Gasteiger partial charge in [0.1, 0.15) is 5.58 Å². The van der Waals surface area contributed by atoms with Gasteiger partial charge in [-0.2, -0.15) is 0 Å². The Kier molecular flexibility index (Phi) is 4.13. The Bertz CT molecular complexity index is 625. The molecule has 1 aliphatic carbocycles. The van der Waals surface area contributed by atoms with E-state index in [1.54, 1.807) is 18.2 Å². The van der Waals surface area contributed by atoms with E-state index in [-0.39, 0.29) is 11.9 Å². The molecule has 1 aromatic heterocycles. The highest BCUT2D eigenvalue weighted by Gasteiger charge is 2.18. The van der Waals surface area contributed by atoms with E-state index in [4.69, 9.17) is 10.2 Å². The zero-order valence-electron chi connectivity index (χ0n) is 12.2. The lowest BCUT2D eigenvalue weighted by atomic mass is 9.97. The summed E-state index contributed by atoms with van der Waals surface area (Å²) in [6.07, 6.45) is 8.40. The van der Waals surface area contributed by atoms with Gasteiger partial charge in [-0.05, 0) is 37.1 Å². The third-order valence-electron chi connectivity index (χ3n) is 4.20. The number of nitrogens with one attached hydrogen (secondary N) is 1. The second-order valence-electron chi connectivity index (χ2n) is 5.92. The molecule has 112 valence electrons. The molecule has 1 fully saturated rings. The average Bonchev–Trinajstić information content (AvgIpc) is 2.84. The average molecular weight is 286 g/mol. The van der Waals surface area contributed by atoms with Crippen molar-refractivity contribution in [2.45, 2.75) is 51.0 Å². The van der Waals surface area contributed by atoms with Crippen LogP contribution in [0.2, 0.25) is 0 Å². The van der Waals surface area contributed by atoms with Crippen LogP contribution < -0.4 is 11.1 Å². The first-order valence-electron chi connectivity index (χ1n) is 7.82. The standard InChI is InChI=1S/C17H22N2O2/c18-13-8-9-15-12(10-13)11-16(21-15)17(20)19-14-6-4-2-1-3-5-7-14/h8-11,14H,1-7,18H2,(H,19,20). The number of benzene rings is 1. The fourth-order valence-electron chi connectivity index (χ4n) is 3.03. The Morgan fingerprint density at radius 3 is 2.57 bits per heavy atom. The number of carbonyl (C=O) groups is 1. The first-order chi connectivity index (χ1) is 10.2. The minimum atomic E-state index is -0.115. The number of carbonyl (C=O) groups excluding carboxylic acids is 1. The molecule has 4 heteroatoms. The van der Waals surface area contributed by atoms with E-state index in [0.29, 0.717) is 17.0 Å². The van der Waals surface area contributed by atoms with Crippen LogP contribution in [0.1, 0.15) is 55.5 Å². The molecule has 0 bridgehead atoms. The quantitative estimate of drug-likeness (QED) is 0.824. The van der Waals surface area contributed by atoms with Gasteiger partial charge in [0.2, 0.25) is 0 Å². The number of hydrogen-bond acceptors (Lipinski definition) is 3. The van der Waals surface area contributed by atoms with Crippen LogP contribution in [0.25, 0.3) is 11.0 Å². The van der Waals surface area contributed by atoms with Crippen LogP contribution in [0.15, 0.2) is 28.7 Å². The van der Waals surface area contributed by atoms with Crippen LogP contribution in [0.5, 0.6) is 0 Å². The number of rotatable bonds is 2. The third kappa shape index (κ3) is 3.38. The molecule has 0 aliphatic heterocycles. The summed E-state index contributed by atoms with van der Waals surface area (Å²) in [6, 6.07) is 7.45. The molecule has 21 heavy (non-hydrogen) atoms. The van der Waals surface area contributed by atoms with Crippen molar-refractivity contribution in [3.05, 3.63) is 30.0 Å². The fraction of sp³-hybridized carbons (Fsp3) is 0.471. The maximum atomic E-state index is 12.3. The van der Waals surface area contributed by atoms with Gasteiger partial charge in [-0.15, -0.1) is 0 Å². The van der Waals surface area contributed by atoms with E-state index in [1.807, 2.05) is 6.07 Å². The summed E-state index contributed by atoms with van der Waals surface area (Å²) in [4.78, 5) is 12.3. The number of furan rings is 1. The van der Waals surface area contributed by atoms with Gasteiger partial charge in [0.05, 0.1) is 0 Å². The molecule has 0 radical (unpaired) electrons. The molecule has 1 aliphatic rings. The SMILES string of the molecule is Nc1ccc2oc(C(=O)NC3CCCCCCC3)cc2c1. The van der Waals surface area contributed by atoms with E-state index >= 15 is 0 Å². The van der Waals surface area contributed by atoms with Gasteiger partial charge in [0.15, 0.2) is 5.76 Å². The maximum absolute atomic E-state index is 12.3. The van der Waals surface area contributed by atoms with Crippen LogP contribution in [0, 0.1) is 0 Å². The molecule has 0 spiro atoms. The lowest BCUT2D eigenvalue weighted by molar-refractivity contribution is 0.0904. The van der Waals surface area contributed by atoms with Crippen molar-refractivity contribution in [1.82, 2.24) is 5.32 Å². The molecular formula is C17H22N2O2. The number of nitrogens with two attached hydrogens (primary N) is 1. The highest BCUT2D eigenvalue weighted by molar-refractivity contribution is 5.96. The Morgan fingerprint density at radius 1 is 1.10 bits per heavy atom. The Balaban J connectivity index is 1.70. The van der Waals surface area contributed by atoms with Gasteiger partial charge in [-0.25, -0.2) is 0 Å². The molecule has 0 atom stereocenters. The molecular weight excluding hydrogens is 264 g/mol.